The molecule has 0 fully saturated rings. The zero-order valence-electron chi connectivity index (χ0n) is 19.3. The topological polar surface area (TPSA) is 78.2 Å². The molecule has 7 nitrogen and oxygen atoms in total. The molecule has 0 aliphatic carbocycles. The van der Waals surface area contributed by atoms with Crippen LogP contribution in [0.2, 0.25) is 5.02 Å². The van der Waals surface area contributed by atoms with E-state index in [0.29, 0.717) is 34.0 Å². The van der Waals surface area contributed by atoms with Crippen LogP contribution in [0.4, 0.5) is 5.69 Å². The van der Waals surface area contributed by atoms with Gasteiger partial charge in [-0.25, -0.2) is 4.98 Å². The van der Waals surface area contributed by atoms with Gasteiger partial charge in [0.25, 0.3) is 5.56 Å². The molecule has 5 aromatic rings. The Labute approximate surface area is 206 Å². The highest BCUT2D eigenvalue weighted by Crippen LogP contribution is 2.29. The number of rotatable bonds is 6. The lowest BCUT2D eigenvalue weighted by Gasteiger charge is -2.12. The van der Waals surface area contributed by atoms with Crippen LogP contribution in [0.1, 0.15) is 11.1 Å². The maximum atomic E-state index is 13.6. The van der Waals surface area contributed by atoms with Crippen LogP contribution < -0.4 is 15.6 Å². The van der Waals surface area contributed by atoms with Crippen molar-refractivity contribution in [1.82, 2.24) is 14.1 Å². The van der Waals surface area contributed by atoms with Crippen LogP contribution in [0, 0.1) is 6.92 Å². The van der Waals surface area contributed by atoms with Crippen LogP contribution in [0.3, 0.4) is 0 Å². The average Bonchev–Trinajstić information content (AvgIpc) is 3.14. The van der Waals surface area contributed by atoms with Crippen molar-refractivity contribution in [2.24, 2.45) is 0 Å². The van der Waals surface area contributed by atoms with E-state index in [1.54, 1.807) is 33.7 Å². The SMILES string of the molecule is COc1ccc(Cl)cc1NC(=O)Cn1c2ccc(C)cc2c2ncn(Cc3ccccc3)c(=O)c21. The summed E-state index contributed by atoms with van der Waals surface area (Å²) in [5, 5.41) is 4.16. The Kier molecular flexibility index (Phi) is 6.01. The first-order valence-corrected chi connectivity index (χ1v) is 11.5. The van der Waals surface area contributed by atoms with E-state index in [2.05, 4.69) is 10.3 Å². The maximum Gasteiger partial charge on any atom is 0.278 e. The second-order valence-corrected chi connectivity index (χ2v) is 8.80. The summed E-state index contributed by atoms with van der Waals surface area (Å²) in [4.78, 5) is 31.4. The van der Waals surface area contributed by atoms with Crippen LogP contribution in [-0.2, 0) is 17.9 Å². The molecule has 0 saturated heterocycles. The summed E-state index contributed by atoms with van der Waals surface area (Å²) in [7, 11) is 1.52. The van der Waals surface area contributed by atoms with Gasteiger partial charge in [-0.3, -0.25) is 14.2 Å². The van der Waals surface area contributed by atoms with Crippen molar-refractivity contribution in [3.05, 3.63) is 99.6 Å². The van der Waals surface area contributed by atoms with Crippen LogP contribution in [0.5, 0.6) is 5.75 Å². The molecule has 5 rings (SSSR count). The lowest BCUT2D eigenvalue weighted by atomic mass is 10.1. The number of nitrogens with one attached hydrogen (secondary N) is 1. The largest absolute Gasteiger partial charge is 0.495 e. The van der Waals surface area contributed by atoms with Gasteiger partial charge in [0.2, 0.25) is 5.91 Å². The van der Waals surface area contributed by atoms with E-state index < -0.39 is 0 Å². The van der Waals surface area contributed by atoms with Gasteiger partial charge in [-0.05, 0) is 42.8 Å². The highest BCUT2D eigenvalue weighted by atomic mass is 35.5. The summed E-state index contributed by atoms with van der Waals surface area (Å²) < 4.78 is 8.63. The minimum Gasteiger partial charge on any atom is -0.495 e. The van der Waals surface area contributed by atoms with Gasteiger partial charge in [0, 0.05) is 10.4 Å². The number of amides is 1. The molecule has 35 heavy (non-hydrogen) atoms. The van der Waals surface area contributed by atoms with E-state index in [1.165, 1.54) is 7.11 Å². The molecule has 2 heterocycles. The Morgan fingerprint density at radius 3 is 2.66 bits per heavy atom. The molecule has 0 atom stereocenters. The average molecular weight is 487 g/mol. The number of ether oxygens (including phenoxy) is 1. The summed E-state index contributed by atoms with van der Waals surface area (Å²) >= 11 is 6.11. The van der Waals surface area contributed by atoms with Gasteiger partial charge >= 0.3 is 0 Å². The zero-order chi connectivity index (χ0) is 24.5. The van der Waals surface area contributed by atoms with E-state index in [9.17, 15) is 9.59 Å². The summed E-state index contributed by atoms with van der Waals surface area (Å²) in [6, 6.07) is 20.6. The first kappa shape index (κ1) is 22.7. The Morgan fingerprint density at radius 1 is 1.09 bits per heavy atom. The number of aryl methyl sites for hydroxylation is 1. The predicted octanol–water partition coefficient (Wildman–Crippen LogP) is 5.01. The molecule has 2 aromatic heterocycles. The third-order valence-electron chi connectivity index (χ3n) is 5.91. The van der Waals surface area contributed by atoms with Crippen LogP contribution in [0.25, 0.3) is 21.9 Å². The first-order valence-electron chi connectivity index (χ1n) is 11.1. The molecule has 0 aliphatic heterocycles. The van der Waals surface area contributed by atoms with Crippen LogP contribution >= 0.6 is 11.6 Å². The second kappa shape index (κ2) is 9.27. The number of fused-ring (bicyclic) bond motifs is 3. The van der Waals surface area contributed by atoms with Gasteiger partial charge < -0.3 is 14.6 Å². The number of halogens is 1. The predicted molar refractivity (Wildman–Crippen MR) is 138 cm³/mol. The smallest absolute Gasteiger partial charge is 0.278 e. The molecule has 0 radical (unpaired) electrons. The standard InChI is InChI=1S/C27H23ClN4O3/c1-17-8-10-22-20(12-17)25-26(27(34)31(16-29-25)14-18-6-4-3-5-7-18)32(22)15-24(33)30-21-13-19(28)9-11-23(21)35-2/h3-13,16H,14-15H2,1-2H3,(H,30,33). The van der Waals surface area contributed by atoms with Gasteiger partial charge in [-0.1, -0.05) is 53.6 Å². The first-order chi connectivity index (χ1) is 16.9. The molecule has 0 spiro atoms. The minimum absolute atomic E-state index is 0.0784. The fourth-order valence-electron chi connectivity index (χ4n) is 4.28. The number of aromatic nitrogens is 3. The maximum absolute atomic E-state index is 13.6. The van der Waals surface area contributed by atoms with E-state index >= 15 is 0 Å². The molecule has 3 aromatic carbocycles. The molecule has 0 unspecified atom stereocenters. The second-order valence-electron chi connectivity index (χ2n) is 8.36. The number of anilines is 1. The third-order valence-corrected chi connectivity index (χ3v) is 6.15. The van der Waals surface area contributed by atoms with Crippen molar-refractivity contribution in [1.29, 1.82) is 0 Å². The molecule has 0 saturated carbocycles. The van der Waals surface area contributed by atoms with Gasteiger partial charge in [0.15, 0.2) is 0 Å². The highest BCUT2D eigenvalue weighted by Gasteiger charge is 2.19. The number of carbonyl (C=O) groups excluding carboxylic acids is 1. The third kappa shape index (κ3) is 4.38. The van der Waals surface area contributed by atoms with Crippen molar-refractivity contribution < 1.29 is 9.53 Å². The lowest BCUT2D eigenvalue weighted by molar-refractivity contribution is -0.116. The summed E-state index contributed by atoms with van der Waals surface area (Å²) in [5.74, 6) is 0.176. The minimum atomic E-state index is -0.317. The lowest BCUT2D eigenvalue weighted by Crippen LogP contribution is -2.25. The van der Waals surface area contributed by atoms with Crippen LogP contribution in [-0.4, -0.2) is 27.1 Å². The summed E-state index contributed by atoms with van der Waals surface area (Å²) in [5.41, 5.74) is 4.01. The molecule has 8 heteroatoms. The molecular weight excluding hydrogens is 464 g/mol. The quantitative estimate of drug-likeness (QED) is 0.366. The van der Waals surface area contributed by atoms with E-state index in [1.807, 2.05) is 55.5 Å². The molecule has 0 bridgehead atoms. The van der Waals surface area contributed by atoms with Crippen LogP contribution in [0.15, 0.2) is 77.9 Å². The Hall–Kier alpha value is -4.10. The van der Waals surface area contributed by atoms with Crippen molar-refractivity contribution >= 4 is 45.1 Å². The number of nitrogens with zero attached hydrogens (tertiary/aromatic N) is 3. The number of benzene rings is 3. The molecular formula is C27H23ClN4O3. The highest BCUT2D eigenvalue weighted by molar-refractivity contribution is 6.31. The number of hydrogen-bond acceptors (Lipinski definition) is 4. The monoisotopic (exact) mass is 486 g/mol. The normalized spacial score (nSPS) is 11.2. The van der Waals surface area contributed by atoms with Crippen molar-refractivity contribution in [3.8, 4) is 5.75 Å². The summed E-state index contributed by atoms with van der Waals surface area (Å²) in [6.45, 7) is 2.29. The van der Waals surface area contributed by atoms with Crippen molar-refractivity contribution in [2.75, 3.05) is 12.4 Å². The van der Waals surface area contributed by atoms with Gasteiger partial charge in [0.05, 0.1) is 31.2 Å². The van der Waals surface area contributed by atoms with Gasteiger partial charge in [0.1, 0.15) is 23.3 Å². The Balaban J connectivity index is 1.60. The summed E-state index contributed by atoms with van der Waals surface area (Å²) in [6.07, 6.45) is 1.57. The van der Waals surface area contributed by atoms with Gasteiger partial charge in [-0.2, -0.15) is 0 Å². The molecule has 0 aliphatic rings. The Bertz CT molecular complexity index is 1620. The van der Waals surface area contributed by atoms with Crippen molar-refractivity contribution in [3.63, 3.8) is 0 Å². The van der Waals surface area contributed by atoms with E-state index in [4.69, 9.17) is 16.3 Å². The molecule has 176 valence electrons. The van der Waals surface area contributed by atoms with Crippen molar-refractivity contribution in [2.45, 2.75) is 20.0 Å². The van der Waals surface area contributed by atoms with Gasteiger partial charge in [-0.15, -0.1) is 0 Å². The fourth-order valence-corrected chi connectivity index (χ4v) is 4.45. The fraction of sp³-hybridized carbons (Fsp3) is 0.148. The molecule has 1 N–H and O–H groups in total. The van der Waals surface area contributed by atoms with E-state index in [0.717, 1.165) is 22.0 Å². The zero-order valence-corrected chi connectivity index (χ0v) is 20.0. The number of methoxy groups -OCH3 is 1. The number of hydrogen-bond donors (Lipinski definition) is 1. The Morgan fingerprint density at radius 2 is 1.89 bits per heavy atom. The number of carbonyl (C=O) groups is 1. The molecule has 1 amide bonds. The van der Waals surface area contributed by atoms with E-state index in [-0.39, 0.29) is 18.0 Å².